The molecule has 0 fully saturated rings. The number of ether oxygens (including phenoxy) is 2. The van der Waals surface area contributed by atoms with Crippen molar-refractivity contribution in [2.75, 3.05) is 13.2 Å². The van der Waals surface area contributed by atoms with Crippen molar-refractivity contribution >= 4 is 12.1 Å². The van der Waals surface area contributed by atoms with Gasteiger partial charge in [-0.1, -0.05) is 18.6 Å². The first-order valence-electron chi connectivity index (χ1n) is 10.3. The van der Waals surface area contributed by atoms with E-state index in [0.717, 1.165) is 31.2 Å². The molecule has 1 unspecified atom stereocenters. The van der Waals surface area contributed by atoms with Crippen LogP contribution in [0, 0.1) is 6.92 Å². The molecule has 0 aliphatic carbocycles. The lowest BCUT2D eigenvalue weighted by molar-refractivity contribution is -0.143. The maximum absolute atomic E-state index is 11.9. The molecule has 0 spiro atoms. The molecule has 0 saturated carbocycles. The molecule has 1 N–H and O–H groups in total. The van der Waals surface area contributed by atoms with Crippen molar-refractivity contribution in [3.63, 3.8) is 0 Å². The van der Waals surface area contributed by atoms with Crippen LogP contribution in [0.5, 0.6) is 0 Å². The lowest BCUT2D eigenvalue weighted by Gasteiger charge is -2.19. The van der Waals surface area contributed by atoms with E-state index in [1.165, 1.54) is 0 Å². The van der Waals surface area contributed by atoms with Gasteiger partial charge in [-0.05, 0) is 59.4 Å². The minimum atomic E-state index is -0.475. The highest BCUT2D eigenvalue weighted by Gasteiger charge is 2.16. The number of carbonyl (C=O) groups is 2. The van der Waals surface area contributed by atoms with E-state index in [0.29, 0.717) is 19.0 Å². The summed E-state index contributed by atoms with van der Waals surface area (Å²) in [4.78, 5) is 31.9. The summed E-state index contributed by atoms with van der Waals surface area (Å²) in [6.45, 7) is 10.1. The molecule has 1 aromatic rings. The number of rotatable bonds is 11. The SMILES string of the molecule is CCOC(=O)CC(C=CCCCCCNC(=O)OC(C)(C)C)c1cnc(C)nc1. The molecule has 1 heterocycles. The summed E-state index contributed by atoms with van der Waals surface area (Å²) < 4.78 is 10.3. The van der Waals surface area contributed by atoms with E-state index in [-0.39, 0.29) is 24.4 Å². The van der Waals surface area contributed by atoms with Gasteiger partial charge >= 0.3 is 12.1 Å². The predicted octanol–water partition coefficient (Wildman–Crippen LogP) is 4.46. The summed E-state index contributed by atoms with van der Waals surface area (Å²) in [6.07, 6.45) is 11.3. The molecule has 0 aromatic carbocycles. The second kappa shape index (κ2) is 12.9. The molecule has 162 valence electrons. The number of amides is 1. The molecule has 1 amide bonds. The summed E-state index contributed by atoms with van der Waals surface area (Å²) in [7, 11) is 0. The maximum Gasteiger partial charge on any atom is 0.407 e. The van der Waals surface area contributed by atoms with E-state index < -0.39 is 5.60 Å². The molecule has 7 heteroatoms. The fraction of sp³-hybridized carbons (Fsp3) is 0.636. The van der Waals surface area contributed by atoms with Crippen LogP contribution in [0.25, 0.3) is 0 Å². The third-order valence-electron chi connectivity index (χ3n) is 4.01. The number of nitrogens with one attached hydrogen (secondary N) is 1. The first-order valence-corrected chi connectivity index (χ1v) is 10.3. The highest BCUT2D eigenvalue weighted by atomic mass is 16.6. The number of aryl methyl sites for hydroxylation is 1. The Morgan fingerprint density at radius 1 is 1.17 bits per heavy atom. The number of unbranched alkanes of at least 4 members (excludes halogenated alkanes) is 3. The largest absolute Gasteiger partial charge is 0.466 e. The zero-order valence-corrected chi connectivity index (χ0v) is 18.4. The van der Waals surface area contributed by atoms with Crippen LogP contribution in [-0.2, 0) is 14.3 Å². The molecule has 1 atom stereocenters. The van der Waals surface area contributed by atoms with E-state index in [4.69, 9.17) is 9.47 Å². The Balaban J connectivity index is 2.37. The van der Waals surface area contributed by atoms with E-state index in [1.54, 1.807) is 19.3 Å². The smallest absolute Gasteiger partial charge is 0.407 e. The summed E-state index contributed by atoms with van der Waals surface area (Å²) in [6, 6.07) is 0. The number of esters is 1. The molecular formula is C22H35N3O4. The van der Waals surface area contributed by atoms with Crippen LogP contribution in [-0.4, -0.2) is 40.8 Å². The Bertz CT molecular complexity index is 651. The minimum absolute atomic E-state index is 0.0940. The molecule has 7 nitrogen and oxygen atoms in total. The van der Waals surface area contributed by atoms with E-state index in [9.17, 15) is 9.59 Å². The van der Waals surface area contributed by atoms with Gasteiger partial charge < -0.3 is 14.8 Å². The average molecular weight is 406 g/mol. The van der Waals surface area contributed by atoms with Crippen molar-refractivity contribution < 1.29 is 19.1 Å². The standard InChI is InChI=1S/C22H35N3O4/c1-6-28-20(26)14-18(19-15-24-17(2)25-16-19)12-10-8-7-9-11-13-23-21(27)29-22(3,4)5/h10,12,15-16,18H,6-9,11,13-14H2,1-5H3,(H,23,27). The fourth-order valence-corrected chi connectivity index (χ4v) is 2.62. The lowest BCUT2D eigenvalue weighted by atomic mass is 9.97. The van der Waals surface area contributed by atoms with Gasteiger partial charge in [0.05, 0.1) is 13.0 Å². The van der Waals surface area contributed by atoms with Gasteiger partial charge in [0.1, 0.15) is 11.4 Å². The number of allylic oxidation sites excluding steroid dienone is 2. The minimum Gasteiger partial charge on any atom is -0.466 e. The van der Waals surface area contributed by atoms with Gasteiger partial charge in [0, 0.05) is 24.9 Å². The van der Waals surface area contributed by atoms with Gasteiger partial charge in [-0.2, -0.15) is 0 Å². The topological polar surface area (TPSA) is 90.4 Å². The predicted molar refractivity (Wildman–Crippen MR) is 113 cm³/mol. The molecule has 0 aliphatic heterocycles. The van der Waals surface area contributed by atoms with Crippen LogP contribution < -0.4 is 5.32 Å². The van der Waals surface area contributed by atoms with Crippen molar-refractivity contribution in [1.82, 2.24) is 15.3 Å². The molecule has 0 saturated heterocycles. The monoisotopic (exact) mass is 405 g/mol. The molecular weight excluding hydrogens is 370 g/mol. The average Bonchev–Trinajstić information content (AvgIpc) is 2.62. The van der Waals surface area contributed by atoms with Gasteiger partial charge in [0.25, 0.3) is 0 Å². The summed E-state index contributed by atoms with van der Waals surface area (Å²) in [5.74, 6) is 0.382. The number of hydrogen-bond acceptors (Lipinski definition) is 6. The normalized spacial score (nSPS) is 12.6. The Morgan fingerprint density at radius 3 is 2.48 bits per heavy atom. The Hall–Kier alpha value is -2.44. The van der Waals surface area contributed by atoms with Crippen molar-refractivity contribution in [3.8, 4) is 0 Å². The van der Waals surface area contributed by atoms with Gasteiger partial charge in [-0.3, -0.25) is 4.79 Å². The van der Waals surface area contributed by atoms with Gasteiger partial charge in [-0.15, -0.1) is 0 Å². The van der Waals surface area contributed by atoms with Crippen LogP contribution in [0.15, 0.2) is 24.5 Å². The number of alkyl carbamates (subject to hydrolysis) is 1. The highest BCUT2D eigenvalue weighted by molar-refractivity contribution is 5.71. The summed E-state index contributed by atoms with van der Waals surface area (Å²) in [5.41, 5.74) is 0.429. The first-order chi connectivity index (χ1) is 13.7. The zero-order valence-electron chi connectivity index (χ0n) is 18.4. The van der Waals surface area contributed by atoms with Crippen molar-refractivity contribution in [2.45, 2.75) is 78.2 Å². The Kier molecular flexibility index (Phi) is 10.9. The third kappa shape index (κ3) is 11.9. The maximum atomic E-state index is 11.9. The highest BCUT2D eigenvalue weighted by Crippen LogP contribution is 2.21. The van der Waals surface area contributed by atoms with Gasteiger partial charge in [0.2, 0.25) is 0 Å². The van der Waals surface area contributed by atoms with Gasteiger partial charge in [0.15, 0.2) is 0 Å². The van der Waals surface area contributed by atoms with E-state index in [2.05, 4.69) is 21.4 Å². The third-order valence-corrected chi connectivity index (χ3v) is 4.01. The summed E-state index contributed by atoms with van der Waals surface area (Å²) in [5, 5.41) is 2.76. The van der Waals surface area contributed by atoms with Crippen LogP contribution in [0.4, 0.5) is 4.79 Å². The molecule has 0 aliphatic rings. The zero-order chi connectivity index (χ0) is 21.7. The van der Waals surface area contributed by atoms with E-state index in [1.807, 2.05) is 33.8 Å². The molecule has 1 rings (SSSR count). The van der Waals surface area contributed by atoms with Gasteiger partial charge in [-0.25, -0.2) is 14.8 Å². The quantitative estimate of drug-likeness (QED) is 0.332. The molecule has 1 aromatic heterocycles. The van der Waals surface area contributed by atoms with E-state index >= 15 is 0 Å². The number of hydrogen-bond donors (Lipinski definition) is 1. The summed E-state index contributed by atoms with van der Waals surface area (Å²) >= 11 is 0. The fourth-order valence-electron chi connectivity index (χ4n) is 2.62. The molecule has 0 radical (unpaired) electrons. The number of nitrogens with zero attached hydrogens (tertiary/aromatic N) is 2. The van der Waals surface area contributed by atoms with Crippen molar-refractivity contribution in [1.29, 1.82) is 0 Å². The first kappa shape index (κ1) is 24.6. The lowest BCUT2D eigenvalue weighted by Crippen LogP contribution is -2.32. The number of aromatic nitrogens is 2. The van der Waals surface area contributed by atoms with Crippen LogP contribution in [0.3, 0.4) is 0 Å². The van der Waals surface area contributed by atoms with Crippen LogP contribution >= 0.6 is 0 Å². The number of carbonyl (C=O) groups excluding carboxylic acids is 2. The van der Waals surface area contributed by atoms with Crippen molar-refractivity contribution in [3.05, 3.63) is 35.9 Å². The second-order valence-electron chi connectivity index (χ2n) is 7.89. The Labute approximate surface area is 174 Å². The Morgan fingerprint density at radius 2 is 1.86 bits per heavy atom. The molecule has 0 bridgehead atoms. The van der Waals surface area contributed by atoms with Crippen LogP contribution in [0.2, 0.25) is 0 Å². The second-order valence-corrected chi connectivity index (χ2v) is 7.89. The molecule has 29 heavy (non-hydrogen) atoms. The van der Waals surface area contributed by atoms with Crippen LogP contribution in [0.1, 0.15) is 77.1 Å². The van der Waals surface area contributed by atoms with Crippen molar-refractivity contribution in [2.24, 2.45) is 0 Å².